The summed E-state index contributed by atoms with van der Waals surface area (Å²) in [6, 6.07) is 10.7. The van der Waals surface area contributed by atoms with Crippen LogP contribution in [0.25, 0.3) is 22.2 Å². The Labute approximate surface area is 145 Å². The van der Waals surface area contributed by atoms with Gasteiger partial charge in [0.2, 0.25) is 0 Å². The zero-order chi connectivity index (χ0) is 18.0. The van der Waals surface area contributed by atoms with Crippen LogP contribution in [0, 0.1) is 0 Å². The van der Waals surface area contributed by atoms with Crippen molar-refractivity contribution in [1.29, 1.82) is 0 Å². The van der Waals surface area contributed by atoms with Crippen LogP contribution in [0.5, 0.6) is 0 Å². The van der Waals surface area contributed by atoms with Crippen molar-refractivity contribution in [2.45, 2.75) is 20.4 Å². The Morgan fingerprint density at radius 1 is 1.20 bits per heavy atom. The van der Waals surface area contributed by atoms with E-state index in [1.807, 2.05) is 12.1 Å². The van der Waals surface area contributed by atoms with Gasteiger partial charge < -0.3 is 10.7 Å². The summed E-state index contributed by atoms with van der Waals surface area (Å²) in [6.07, 6.45) is 1.37. The van der Waals surface area contributed by atoms with E-state index in [4.69, 9.17) is 5.73 Å². The molecular weight excluding hydrogens is 316 g/mol. The van der Waals surface area contributed by atoms with Gasteiger partial charge in [0, 0.05) is 23.6 Å². The zero-order valence-corrected chi connectivity index (χ0v) is 14.5. The molecule has 2 heterocycles. The average Bonchev–Trinajstić information content (AvgIpc) is 3.02. The summed E-state index contributed by atoms with van der Waals surface area (Å²) in [6.45, 7) is 7.20. The van der Waals surface area contributed by atoms with Gasteiger partial charge in [0.15, 0.2) is 0 Å². The molecule has 1 amide bonds. The number of hydrogen-bond acceptors (Lipinski definition) is 3. The van der Waals surface area contributed by atoms with E-state index in [9.17, 15) is 9.59 Å². The first kappa shape index (κ1) is 17.0. The summed E-state index contributed by atoms with van der Waals surface area (Å²) in [7, 11) is 0. The number of aromatic nitrogens is 2. The van der Waals surface area contributed by atoms with Crippen LogP contribution in [0.4, 0.5) is 4.79 Å². The molecule has 0 fully saturated rings. The Bertz CT molecular complexity index is 967. The topological polar surface area (TPSA) is 84.1 Å². The molecule has 0 aliphatic rings. The largest absolute Gasteiger partial charge is 0.354 e. The molecule has 1 aromatic carbocycles. The molecule has 0 aliphatic heterocycles. The first-order chi connectivity index (χ1) is 12.0. The van der Waals surface area contributed by atoms with Crippen molar-refractivity contribution in [2.75, 3.05) is 13.1 Å². The molecule has 0 bridgehead atoms. The van der Waals surface area contributed by atoms with Gasteiger partial charge in [-0.2, -0.15) is 0 Å². The van der Waals surface area contributed by atoms with Crippen molar-refractivity contribution < 1.29 is 4.79 Å². The number of amides is 1. The van der Waals surface area contributed by atoms with Crippen molar-refractivity contribution in [1.82, 2.24) is 14.5 Å². The monoisotopic (exact) mass is 338 g/mol. The number of aromatic amines is 1. The molecule has 0 atom stereocenters. The lowest BCUT2D eigenvalue weighted by atomic mass is 10.1. The number of carbonyl (C=O) groups excluding carboxylic acids is 1. The molecule has 0 radical (unpaired) electrons. The number of nitrogens with one attached hydrogen (secondary N) is 1. The Kier molecular flexibility index (Phi) is 4.72. The van der Waals surface area contributed by atoms with Gasteiger partial charge in [0.1, 0.15) is 0 Å². The fraction of sp³-hybridized carbons (Fsp3) is 0.263. The molecule has 3 N–H and O–H groups in total. The summed E-state index contributed by atoms with van der Waals surface area (Å²) >= 11 is 0. The van der Waals surface area contributed by atoms with Crippen LogP contribution in [0.2, 0.25) is 0 Å². The molecule has 130 valence electrons. The molecule has 6 nitrogen and oxygen atoms in total. The SMILES string of the molecule is CCN(CC)Cc1ccc2[nH]c(-c3cccn(C(N)=O)c3=O)cc2c1. The van der Waals surface area contributed by atoms with E-state index < -0.39 is 11.6 Å². The van der Waals surface area contributed by atoms with E-state index in [2.05, 4.69) is 35.9 Å². The quantitative estimate of drug-likeness (QED) is 0.750. The number of nitrogens with two attached hydrogens (primary N) is 1. The molecule has 2 aromatic heterocycles. The van der Waals surface area contributed by atoms with Gasteiger partial charge in [-0.3, -0.25) is 9.69 Å². The number of rotatable bonds is 5. The third-order valence-electron chi connectivity index (χ3n) is 4.46. The van der Waals surface area contributed by atoms with Gasteiger partial charge >= 0.3 is 6.03 Å². The second kappa shape index (κ2) is 6.94. The summed E-state index contributed by atoms with van der Waals surface area (Å²) in [5.74, 6) is 0. The third kappa shape index (κ3) is 3.34. The fourth-order valence-corrected chi connectivity index (χ4v) is 3.00. The van der Waals surface area contributed by atoms with Crippen LogP contribution in [-0.4, -0.2) is 33.6 Å². The summed E-state index contributed by atoms with van der Waals surface area (Å²) in [5.41, 5.74) is 8.09. The van der Waals surface area contributed by atoms with Crippen LogP contribution < -0.4 is 11.3 Å². The second-order valence-electron chi connectivity index (χ2n) is 6.00. The molecule has 0 saturated carbocycles. The van der Waals surface area contributed by atoms with E-state index in [0.29, 0.717) is 11.3 Å². The molecular formula is C19H22N4O2. The van der Waals surface area contributed by atoms with Gasteiger partial charge in [-0.05, 0) is 49.0 Å². The Morgan fingerprint density at radius 3 is 2.64 bits per heavy atom. The van der Waals surface area contributed by atoms with Crippen molar-refractivity contribution >= 4 is 16.9 Å². The lowest BCUT2D eigenvalue weighted by Crippen LogP contribution is -2.31. The zero-order valence-electron chi connectivity index (χ0n) is 14.5. The number of H-pyrrole nitrogens is 1. The van der Waals surface area contributed by atoms with Crippen LogP contribution in [0.3, 0.4) is 0 Å². The highest BCUT2D eigenvalue weighted by Gasteiger charge is 2.12. The maximum atomic E-state index is 12.4. The smallest absolute Gasteiger partial charge is 0.325 e. The normalized spacial score (nSPS) is 11.3. The first-order valence-electron chi connectivity index (χ1n) is 8.39. The lowest BCUT2D eigenvalue weighted by molar-refractivity contribution is 0.249. The second-order valence-corrected chi connectivity index (χ2v) is 6.00. The van der Waals surface area contributed by atoms with Gasteiger partial charge in [-0.15, -0.1) is 0 Å². The molecule has 3 aromatic rings. The Hall–Kier alpha value is -2.86. The van der Waals surface area contributed by atoms with Crippen molar-refractivity contribution in [3.05, 3.63) is 58.5 Å². The maximum absolute atomic E-state index is 12.4. The minimum absolute atomic E-state index is 0.419. The number of hydrogen-bond donors (Lipinski definition) is 2. The number of pyridine rings is 1. The van der Waals surface area contributed by atoms with Gasteiger partial charge in [-0.1, -0.05) is 19.9 Å². The lowest BCUT2D eigenvalue weighted by Gasteiger charge is -2.17. The van der Waals surface area contributed by atoms with Crippen molar-refractivity contribution in [3.8, 4) is 11.3 Å². The number of benzene rings is 1. The summed E-state index contributed by atoms with van der Waals surface area (Å²) in [5, 5.41) is 1.04. The number of fused-ring (bicyclic) bond motifs is 1. The van der Waals surface area contributed by atoms with E-state index in [0.717, 1.165) is 35.1 Å². The van der Waals surface area contributed by atoms with Crippen LogP contribution in [-0.2, 0) is 6.54 Å². The predicted molar refractivity (Wildman–Crippen MR) is 99.6 cm³/mol. The molecule has 0 saturated heterocycles. The fourth-order valence-electron chi connectivity index (χ4n) is 3.00. The number of carbonyl (C=O) groups is 1. The minimum atomic E-state index is -0.788. The molecule has 6 heteroatoms. The van der Waals surface area contributed by atoms with Crippen molar-refractivity contribution in [3.63, 3.8) is 0 Å². The van der Waals surface area contributed by atoms with Gasteiger partial charge in [-0.25, -0.2) is 9.36 Å². The standard InChI is InChI=1S/C19H22N4O2/c1-3-22(4-2)12-13-7-8-16-14(10-13)11-17(21-16)15-6-5-9-23(18(15)24)19(20)25/h5-11,21H,3-4,12H2,1-2H3,(H2,20,25). The maximum Gasteiger partial charge on any atom is 0.325 e. The Balaban J connectivity index is 2.01. The highest BCUT2D eigenvalue weighted by molar-refractivity contribution is 5.86. The van der Waals surface area contributed by atoms with E-state index >= 15 is 0 Å². The third-order valence-corrected chi connectivity index (χ3v) is 4.46. The molecule has 0 unspecified atom stereocenters. The van der Waals surface area contributed by atoms with Gasteiger partial charge in [0.05, 0.1) is 11.3 Å². The van der Waals surface area contributed by atoms with Crippen LogP contribution in [0.1, 0.15) is 19.4 Å². The molecule has 3 rings (SSSR count). The highest BCUT2D eigenvalue weighted by atomic mass is 16.2. The number of nitrogens with zero attached hydrogens (tertiary/aromatic N) is 2. The van der Waals surface area contributed by atoms with Gasteiger partial charge in [0.25, 0.3) is 5.56 Å². The highest BCUT2D eigenvalue weighted by Crippen LogP contribution is 2.23. The van der Waals surface area contributed by atoms with E-state index in [-0.39, 0.29) is 0 Å². The molecule has 0 spiro atoms. The van der Waals surface area contributed by atoms with E-state index in [1.54, 1.807) is 12.1 Å². The van der Waals surface area contributed by atoms with Crippen LogP contribution in [0.15, 0.2) is 47.4 Å². The van der Waals surface area contributed by atoms with Crippen LogP contribution >= 0.6 is 0 Å². The number of primary amides is 1. The van der Waals surface area contributed by atoms with E-state index in [1.165, 1.54) is 11.8 Å². The molecule has 0 aliphatic carbocycles. The average molecular weight is 338 g/mol. The summed E-state index contributed by atoms with van der Waals surface area (Å²) < 4.78 is 0.909. The first-order valence-corrected chi connectivity index (χ1v) is 8.39. The van der Waals surface area contributed by atoms with Crippen molar-refractivity contribution in [2.24, 2.45) is 5.73 Å². The molecule has 25 heavy (non-hydrogen) atoms. The minimum Gasteiger partial charge on any atom is -0.354 e. The Morgan fingerprint density at radius 2 is 1.96 bits per heavy atom. The summed E-state index contributed by atoms with van der Waals surface area (Å²) in [4.78, 5) is 29.4. The predicted octanol–water partition coefficient (Wildman–Crippen LogP) is 2.77.